The Morgan fingerprint density at radius 1 is 1.25 bits per heavy atom. The van der Waals surface area contributed by atoms with E-state index in [2.05, 4.69) is 10.5 Å². The number of hydrogen-bond acceptors (Lipinski definition) is 12. The van der Waals surface area contributed by atoms with Crippen LogP contribution in [0.1, 0.15) is 44.8 Å². The van der Waals surface area contributed by atoms with Crippen molar-refractivity contribution in [2.24, 2.45) is 10.9 Å². The molecule has 14 nitrogen and oxygen atoms in total. The molecule has 3 amide bonds. The maximum Gasteiger partial charge on any atom is 0.404 e. The molecule has 0 aromatic carbocycles. The van der Waals surface area contributed by atoms with Crippen LogP contribution in [0.25, 0.3) is 0 Å². The van der Waals surface area contributed by atoms with E-state index in [1.165, 1.54) is 38.3 Å². The lowest BCUT2D eigenvalue weighted by Gasteiger charge is -2.49. The molecule has 1 aromatic rings. The van der Waals surface area contributed by atoms with Gasteiger partial charge in [-0.1, -0.05) is 31.3 Å². The maximum absolute atomic E-state index is 13.4. The largest absolute Gasteiger partial charge is 0.466 e. The van der Waals surface area contributed by atoms with Crippen molar-refractivity contribution in [3.8, 4) is 0 Å². The van der Waals surface area contributed by atoms with Gasteiger partial charge in [-0.3, -0.25) is 14.5 Å². The van der Waals surface area contributed by atoms with Crippen molar-refractivity contribution in [2.45, 2.75) is 56.5 Å². The van der Waals surface area contributed by atoms with Crippen LogP contribution in [-0.4, -0.2) is 84.6 Å². The highest BCUT2D eigenvalue weighted by Gasteiger charge is 2.55. The average molecular weight is 581 g/mol. The molecule has 0 aliphatic carbocycles. The number of nitrogens with one attached hydrogen (secondary N) is 1. The van der Waals surface area contributed by atoms with E-state index in [0.717, 1.165) is 24.2 Å². The standard InChI is InChI=1S/C25H32N4O10S/c1-4-5-6-7-9-16(23(32)35-2)39-24(33)19-14(12-38-25(26)34)13-40-22-18(21(31)29(19)22)27-20(30)17(28-36-3)15-10-8-11-37-15/h8,10-11,16,18,22H,4-7,9,12-13H2,1-3H3,(H2,26,34)(H,27,30)/b28-17-/t16-,18+,22+/m0/s1. The number of nitrogens with zero attached hydrogens (tertiary/aromatic N) is 2. The van der Waals surface area contributed by atoms with Crippen LogP contribution in [0.15, 0.2) is 39.2 Å². The number of amides is 3. The first-order valence-electron chi connectivity index (χ1n) is 12.6. The number of nitrogens with two attached hydrogens (primary N) is 1. The molecule has 1 saturated heterocycles. The number of β-lactam (4-membered cyclic amide) rings is 1. The highest BCUT2D eigenvalue weighted by molar-refractivity contribution is 8.00. The van der Waals surface area contributed by atoms with Crippen molar-refractivity contribution >= 4 is 47.3 Å². The Morgan fingerprint density at radius 2 is 2.02 bits per heavy atom. The molecular formula is C25H32N4O10S. The zero-order valence-corrected chi connectivity index (χ0v) is 23.2. The topological polar surface area (TPSA) is 189 Å². The lowest BCUT2D eigenvalue weighted by molar-refractivity contribution is -0.167. The summed E-state index contributed by atoms with van der Waals surface area (Å²) in [6.07, 6.45) is 2.70. The number of carbonyl (C=O) groups excluding carboxylic acids is 5. The van der Waals surface area contributed by atoms with E-state index in [9.17, 15) is 24.0 Å². The summed E-state index contributed by atoms with van der Waals surface area (Å²) < 4.78 is 20.4. The van der Waals surface area contributed by atoms with Crippen molar-refractivity contribution in [3.05, 3.63) is 35.4 Å². The smallest absolute Gasteiger partial charge is 0.404 e. The number of thioether (sulfide) groups is 1. The maximum atomic E-state index is 13.4. The van der Waals surface area contributed by atoms with Gasteiger partial charge in [-0.05, 0) is 25.0 Å². The summed E-state index contributed by atoms with van der Waals surface area (Å²) in [7, 11) is 2.44. The molecule has 40 heavy (non-hydrogen) atoms. The van der Waals surface area contributed by atoms with Crippen molar-refractivity contribution in [2.75, 3.05) is 26.6 Å². The second-order valence-electron chi connectivity index (χ2n) is 8.79. The Kier molecular flexibility index (Phi) is 11.0. The van der Waals surface area contributed by atoms with E-state index < -0.39 is 47.4 Å². The molecule has 2 aliphatic rings. The summed E-state index contributed by atoms with van der Waals surface area (Å²) in [5, 5.41) is 5.59. The molecular weight excluding hydrogens is 548 g/mol. The molecule has 3 rings (SSSR count). The van der Waals surface area contributed by atoms with Crippen LogP contribution in [0.4, 0.5) is 4.79 Å². The number of furan rings is 1. The molecule has 15 heteroatoms. The normalized spacial score (nSPS) is 19.2. The van der Waals surface area contributed by atoms with E-state index in [1.54, 1.807) is 6.07 Å². The Hall–Kier alpha value is -4.01. The Bertz CT molecular complexity index is 1170. The Balaban J connectivity index is 1.81. The molecule has 0 bridgehead atoms. The van der Waals surface area contributed by atoms with Crippen molar-refractivity contribution in [1.29, 1.82) is 0 Å². The highest BCUT2D eigenvalue weighted by Crippen LogP contribution is 2.41. The first-order valence-corrected chi connectivity index (χ1v) is 13.6. The van der Waals surface area contributed by atoms with Gasteiger partial charge < -0.3 is 34.5 Å². The summed E-state index contributed by atoms with van der Waals surface area (Å²) in [5.74, 6) is -2.77. The van der Waals surface area contributed by atoms with E-state index in [0.29, 0.717) is 6.42 Å². The van der Waals surface area contributed by atoms with Gasteiger partial charge in [0.05, 0.1) is 13.4 Å². The number of primary amides is 1. The van der Waals surface area contributed by atoms with Gasteiger partial charge in [0.1, 0.15) is 30.8 Å². The molecule has 3 N–H and O–H groups in total. The van der Waals surface area contributed by atoms with E-state index >= 15 is 0 Å². The molecule has 0 saturated carbocycles. The van der Waals surface area contributed by atoms with Crippen LogP contribution in [0.5, 0.6) is 0 Å². The summed E-state index contributed by atoms with van der Waals surface area (Å²) in [6, 6.07) is 2.04. The van der Waals surface area contributed by atoms with Gasteiger partial charge in [0, 0.05) is 11.3 Å². The predicted octanol–water partition coefficient (Wildman–Crippen LogP) is 1.43. The summed E-state index contributed by atoms with van der Waals surface area (Å²) in [6.45, 7) is 1.67. The molecule has 0 spiro atoms. The zero-order valence-electron chi connectivity index (χ0n) is 22.4. The lowest BCUT2D eigenvalue weighted by atomic mass is 10.0. The second-order valence-corrected chi connectivity index (χ2v) is 9.89. The van der Waals surface area contributed by atoms with Gasteiger partial charge in [-0.2, -0.15) is 0 Å². The Morgan fingerprint density at radius 3 is 2.65 bits per heavy atom. The van der Waals surface area contributed by atoms with E-state index in [1.807, 2.05) is 6.92 Å². The number of hydrogen-bond donors (Lipinski definition) is 2. The molecule has 3 heterocycles. The van der Waals surface area contributed by atoms with Gasteiger partial charge in [0.15, 0.2) is 11.9 Å². The fourth-order valence-electron chi connectivity index (χ4n) is 4.15. The van der Waals surface area contributed by atoms with Crippen LogP contribution < -0.4 is 11.1 Å². The van der Waals surface area contributed by atoms with Crippen molar-refractivity contribution < 1.29 is 47.4 Å². The van der Waals surface area contributed by atoms with E-state index in [4.69, 9.17) is 29.2 Å². The van der Waals surface area contributed by atoms with Gasteiger partial charge in [-0.15, -0.1) is 11.8 Å². The molecule has 1 fully saturated rings. The molecule has 218 valence electrons. The highest BCUT2D eigenvalue weighted by atomic mass is 32.2. The molecule has 1 aromatic heterocycles. The van der Waals surface area contributed by atoms with E-state index in [-0.39, 0.29) is 41.5 Å². The Labute approximate surface area is 234 Å². The van der Waals surface area contributed by atoms with Crippen LogP contribution >= 0.6 is 11.8 Å². The first-order chi connectivity index (χ1) is 19.2. The minimum atomic E-state index is -1.19. The van der Waals surface area contributed by atoms with Gasteiger partial charge >= 0.3 is 18.0 Å². The average Bonchev–Trinajstić information content (AvgIpc) is 3.48. The number of esters is 2. The van der Waals surface area contributed by atoms with Crippen molar-refractivity contribution in [3.63, 3.8) is 0 Å². The van der Waals surface area contributed by atoms with Crippen LogP contribution in [-0.2, 0) is 38.2 Å². The molecule has 3 atom stereocenters. The summed E-state index contributed by atoms with van der Waals surface area (Å²) in [5.41, 5.74) is 4.99. The zero-order chi connectivity index (χ0) is 29.2. The fraction of sp³-hybridized carbons (Fsp3) is 0.520. The SMILES string of the molecule is CCCCCC[C@H](OC(=O)C1=C(COC(N)=O)CS[C@@H]2[C@H](NC(=O)/C(=N\OC)c3ccco3)C(=O)N12)C(=O)OC. The number of ether oxygens (including phenoxy) is 3. The van der Waals surface area contributed by atoms with Gasteiger partial charge in [-0.25, -0.2) is 14.4 Å². The summed E-state index contributed by atoms with van der Waals surface area (Å²) in [4.78, 5) is 69.0. The minimum absolute atomic E-state index is 0.127. The van der Waals surface area contributed by atoms with Crippen LogP contribution in [0.3, 0.4) is 0 Å². The second kappa shape index (κ2) is 14.4. The molecule has 0 unspecified atom stereocenters. The third kappa shape index (κ3) is 7.14. The summed E-state index contributed by atoms with van der Waals surface area (Å²) >= 11 is 1.23. The van der Waals surface area contributed by atoms with Crippen LogP contribution in [0.2, 0.25) is 0 Å². The molecule has 0 radical (unpaired) electrons. The third-order valence-corrected chi connectivity index (χ3v) is 7.44. The predicted molar refractivity (Wildman–Crippen MR) is 140 cm³/mol. The van der Waals surface area contributed by atoms with Gasteiger partial charge in [0.2, 0.25) is 5.71 Å². The number of methoxy groups -OCH3 is 1. The minimum Gasteiger partial charge on any atom is -0.466 e. The number of carbonyl (C=O) groups is 5. The van der Waals surface area contributed by atoms with Gasteiger partial charge in [0.25, 0.3) is 11.8 Å². The van der Waals surface area contributed by atoms with Crippen molar-refractivity contribution in [1.82, 2.24) is 10.2 Å². The number of unbranched alkanes of at least 4 members (excludes halogenated alkanes) is 3. The number of fused-ring (bicyclic) bond motifs is 1. The monoisotopic (exact) mass is 580 g/mol. The molecule has 2 aliphatic heterocycles. The number of rotatable bonds is 14. The quantitative estimate of drug-likeness (QED) is 0.0809. The third-order valence-electron chi connectivity index (χ3n) is 6.10. The fourth-order valence-corrected chi connectivity index (χ4v) is 5.48. The lowest BCUT2D eigenvalue weighted by Crippen LogP contribution is -2.71. The van der Waals surface area contributed by atoms with Crippen LogP contribution in [0, 0.1) is 0 Å². The number of oxime groups is 1. The first kappa shape index (κ1) is 30.5.